The van der Waals surface area contributed by atoms with E-state index < -0.39 is 11.1 Å². The van der Waals surface area contributed by atoms with Gasteiger partial charge in [-0.25, -0.2) is 0 Å². The molecule has 1 unspecified atom stereocenters. The van der Waals surface area contributed by atoms with Crippen molar-refractivity contribution in [2.24, 2.45) is 0 Å². The van der Waals surface area contributed by atoms with E-state index in [0.29, 0.717) is 10.8 Å². The van der Waals surface area contributed by atoms with Gasteiger partial charge in [-0.3, -0.25) is 4.21 Å². The van der Waals surface area contributed by atoms with Crippen molar-refractivity contribution >= 4 is 11.1 Å². The smallest absolute Gasteiger partial charge is 0.768 e. The van der Waals surface area contributed by atoms with Crippen molar-refractivity contribution in [1.29, 1.82) is 0 Å². The molecule has 1 atom stereocenters. The summed E-state index contributed by atoms with van der Waals surface area (Å²) in [5, 5.41) is 0. The molecule has 1 fully saturated rings. The van der Waals surface area contributed by atoms with Crippen LogP contribution in [0.15, 0.2) is 29.2 Å². The van der Waals surface area contributed by atoms with Gasteiger partial charge >= 0.3 is 29.6 Å². The minimum absolute atomic E-state index is 0. The molecule has 0 aliphatic heterocycles. The van der Waals surface area contributed by atoms with Crippen LogP contribution in [-0.2, 0) is 11.1 Å². The molecule has 0 N–H and O–H groups in total. The predicted octanol–water partition coefficient (Wildman–Crippen LogP) is -1.19. The molecule has 1 aromatic rings. The standard InChI is InChI=1S/C9H10O2S.Na/c10-12(11)9-5-3-8(4-6-9)7-1-2-7;/h3-7H,1-2H2,(H,10,11);/q;+1/p-1. The summed E-state index contributed by atoms with van der Waals surface area (Å²) >= 11 is -2.08. The Bertz CT molecular complexity index is 306. The van der Waals surface area contributed by atoms with Crippen LogP contribution in [-0.4, -0.2) is 8.76 Å². The van der Waals surface area contributed by atoms with E-state index in [1.807, 2.05) is 12.1 Å². The number of benzene rings is 1. The van der Waals surface area contributed by atoms with E-state index in [9.17, 15) is 8.76 Å². The zero-order valence-corrected chi connectivity index (χ0v) is 10.3. The molecule has 0 spiro atoms. The van der Waals surface area contributed by atoms with Crippen LogP contribution in [0.5, 0.6) is 0 Å². The van der Waals surface area contributed by atoms with Crippen LogP contribution >= 0.6 is 0 Å². The van der Waals surface area contributed by atoms with Gasteiger partial charge in [-0.05, 0) is 47.5 Å². The normalized spacial score (nSPS) is 17.6. The quantitative estimate of drug-likeness (QED) is 0.449. The monoisotopic (exact) mass is 204 g/mol. The first kappa shape index (κ1) is 11.4. The molecule has 1 saturated carbocycles. The van der Waals surface area contributed by atoms with E-state index in [4.69, 9.17) is 0 Å². The van der Waals surface area contributed by atoms with E-state index in [1.54, 1.807) is 12.1 Å². The molecule has 0 heterocycles. The summed E-state index contributed by atoms with van der Waals surface area (Å²) in [5.41, 5.74) is 1.27. The van der Waals surface area contributed by atoms with E-state index >= 15 is 0 Å². The summed E-state index contributed by atoms with van der Waals surface area (Å²) in [6.07, 6.45) is 2.50. The van der Waals surface area contributed by atoms with Crippen molar-refractivity contribution in [3.8, 4) is 0 Å². The summed E-state index contributed by atoms with van der Waals surface area (Å²) < 4.78 is 21.0. The van der Waals surface area contributed by atoms with Crippen LogP contribution in [0.1, 0.15) is 24.3 Å². The van der Waals surface area contributed by atoms with Gasteiger partial charge in [0, 0.05) is 4.90 Å². The van der Waals surface area contributed by atoms with Crippen molar-refractivity contribution in [1.82, 2.24) is 0 Å². The molecule has 4 heteroatoms. The molecular weight excluding hydrogens is 195 g/mol. The molecule has 0 bridgehead atoms. The summed E-state index contributed by atoms with van der Waals surface area (Å²) in [6, 6.07) is 7.14. The fourth-order valence-corrected chi connectivity index (χ4v) is 1.63. The predicted molar refractivity (Wildman–Crippen MR) is 45.6 cm³/mol. The van der Waals surface area contributed by atoms with Crippen LogP contribution < -0.4 is 29.6 Å². The van der Waals surface area contributed by atoms with Gasteiger partial charge in [0.2, 0.25) is 0 Å². The molecule has 1 aliphatic carbocycles. The van der Waals surface area contributed by atoms with Crippen LogP contribution in [0.25, 0.3) is 0 Å². The maximum Gasteiger partial charge on any atom is 1.00 e. The van der Waals surface area contributed by atoms with E-state index in [0.717, 1.165) is 0 Å². The van der Waals surface area contributed by atoms with Gasteiger partial charge in [-0.15, -0.1) is 0 Å². The Morgan fingerprint density at radius 2 is 1.77 bits per heavy atom. The Morgan fingerprint density at radius 3 is 2.15 bits per heavy atom. The average molecular weight is 204 g/mol. The molecule has 0 radical (unpaired) electrons. The average Bonchev–Trinajstić information content (AvgIpc) is 2.87. The van der Waals surface area contributed by atoms with Crippen molar-refractivity contribution in [3.05, 3.63) is 29.8 Å². The Balaban J connectivity index is 0.000000845. The van der Waals surface area contributed by atoms with Gasteiger partial charge in [0.15, 0.2) is 0 Å². The number of hydrogen-bond donors (Lipinski definition) is 0. The number of hydrogen-bond acceptors (Lipinski definition) is 2. The third-order valence-corrected chi connectivity index (χ3v) is 2.78. The van der Waals surface area contributed by atoms with Crippen molar-refractivity contribution in [3.63, 3.8) is 0 Å². The second-order valence-electron chi connectivity index (χ2n) is 3.08. The summed E-state index contributed by atoms with van der Waals surface area (Å²) in [7, 11) is 0. The maximum absolute atomic E-state index is 10.5. The Morgan fingerprint density at radius 1 is 1.23 bits per heavy atom. The Hall–Kier alpha value is 0.330. The first-order valence-corrected chi connectivity index (χ1v) is 5.04. The fourth-order valence-electron chi connectivity index (χ4n) is 1.27. The van der Waals surface area contributed by atoms with E-state index in [-0.39, 0.29) is 29.6 Å². The van der Waals surface area contributed by atoms with Crippen LogP contribution in [0.2, 0.25) is 0 Å². The van der Waals surface area contributed by atoms with Crippen molar-refractivity contribution in [2.45, 2.75) is 23.7 Å². The molecule has 1 aromatic carbocycles. The molecule has 2 nitrogen and oxygen atoms in total. The second-order valence-corrected chi connectivity index (χ2v) is 4.02. The molecular formula is C9H9NaO2S. The zero-order valence-electron chi connectivity index (χ0n) is 7.53. The minimum Gasteiger partial charge on any atom is -0.768 e. The molecule has 13 heavy (non-hydrogen) atoms. The summed E-state index contributed by atoms with van der Waals surface area (Å²) in [5.74, 6) is 0.694. The van der Waals surface area contributed by atoms with Crippen LogP contribution in [0.3, 0.4) is 0 Å². The topological polar surface area (TPSA) is 40.1 Å². The third kappa shape index (κ3) is 2.89. The van der Waals surface area contributed by atoms with Crippen molar-refractivity contribution < 1.29 is 38.3 Å². The third-order valence-electron chi connectivity index (χ3n) is 2.12. The van der Waals surface area contributed by atoms with Gasteiger partial charge in [0.05, 0.1) is 0 Å². The molecule has 0 amide bonds. The zero-order chi connectivity index (χ0) is 8.55. The van der Waals surface area contributed by atoms with Gasteiger partial charge in [0.25, 0.3) is 0 Å². The van der Waals surface area contributed by atoms with Gasteiger partial charge in [-0.1, -0.05) is 12.1 Å². The number of rotatable bonds is 2. The van der Waals surface area contributed by atoms with Gasteiger partial charge < -0.3 is 4.55 Å². The minimum atomic E-state index is -2.08. The molecule has 0 saturated heterocycles. The first-order chi connectivity index (χ1) is 5.77. The maximum atomic E-state index is 10.5. The SMILES string of the molecule is O=S([O-])c1ccc(C2CC2)cc1.[Na+]. The summed E-state index contributed by atoms with van der Waals surface area (Å²) in [4.78, 5) is 0.374. The largest absolute Gasteiger partial charge is 1.00 e. The van der Waals surface area contributed by atoms with Crippen molar-refractivity contribution in [2.75, 3.05) is 0 Å². The van der Waals surface area contributed by atoms with E-state index in [1.165, 1.54) is 18.4 Å². The molecule has 64 valence electrons. The Labute approximate surface area is 102 Å². The first-order valence-electron chi connectivity index (χ1n) is 3.96. The fraction of sp³-hybridized carbons (Fsp3) is 0.333. The van der Waals surface area contributed by atoms with E-state index in [2.05, 4.69) is 0 Å². The molecule has 2 rings (SSSR count). The van der Waals surface area contributed by atoms with Crippen LogP contribution in [0, 0.1) is 0 Å². The summed E-state index contributed by atoms with van der Waals surface area (Å²) in [6.45, 7) is 0. The van der Waals surface area contributed by atoms with Gasteiger partial charge in [-0.2, -0.15) is 0 Å². The molecule has 1 aliphatic rings. The second kappa shape index (κ2) is 4.71. The van der Waals surface area contributed by atoms with Gasteiger partial charge in [0.1, 0.15) is 0 Å². The molecule has 0 aromatic heterocycles. The van der Waals surface area contributed by atoms with Crippen LogP contribution in [0.4, 0.5) is 0 Å². The Kier molecular flexibility index (Phi) is 4.13.